The number of amides is 2. The van der Waals surface area contributed by atoms with E-state index in [0.29, 0.717) is 25.4 Å². The monoisotopic (exact) mass is 624 g/mol. The number of thiophene rings is 1. The number of aryl methyl sites for hydroxylation is 2. The average molecular weight is 625 g/mol. The number of primary amides is 1. The molecule has 3 N–H and O–H groups in total. The zero-order valence-corrected chi connectivity index (χ0v) is 27.2. The first-order valence-corrected chi connectivity index (χ1v) is 16.0. The molecule has 2 amide bonds. The van der Waals surface area contributed by atoms with E-state index < -0.39 is 0 Å². The second-order valence-electron chi connectivity index (χ2n) is 10.9. The van der Waals surface area contributed by atoms with Gasteiger partial charge in [-0.1, -0.05) is 44.2 Å². The van der Waals surface area contributed by atoms with Gasteiger partial charge in [-0.05, 0) is 86.5 Å². The van der Waals surface area contributed by atoms with Crippen LogP contribution >= 0.6 is 11.3 Å². The summed E-state index contributed by atoms with van der Waals surface area (Å²) in [5.74, 6) is 2.16. The quantitative estimate of drug-likeness (QED) is 0.260. The Morgan fingerprint density at radius 3 is 2.48 bits per heavy atom. The van der Waals surface area contributed by atoms with Crippen LogP contribution < -0.4 is 15.8 Å². The van der Waals surface area contributed by atoms with E-state index in [1.54, 1.807) is 16.2 Å². The zero-order valence-electron chi connectivity index (χ0n) is 26.3. The number of nitrogens with zero attached hydrogens (tertiary/aromatic N) is 2. The zero-order chi connectivity index (χ0) is 32.2. The number of carbonyl (C=O) groups is 3. The summed E-state index contributed by atoms with van der Waals surface area (Å²) in [6.45, 7) is 9.92. The molecule has 2 fully saturated rings. The van der Waals surface area contributed by atoms with E-state index in [4.69, 9.17) is 9.53 Å². The third-order valence-electron chi connectivity index (χ3n) is 7.75. The highest BCUT2D eigenvalue weighted by atomic mass is 32.1. The standard InChI is InChI=1S/C22H23NO3.C9H13FN2S.C2H6.CH3NO/c1-14-5-3-4-6-20(14)26-21-9-16(8-7-15(21)2)10-22(25)23-18(13-24)11-17-12-19(17)23;1-11-5-8-4-7-2-3-12(10)6-9(7)13-8;1-2;2-1-3/h3-9,13,17-19H,10-12H2,1-2H3;4,11H,2-3,5-6H2,1H3;1-2H3;1H,(H2,2,3). The fourth-order valence-corrected chi connectivity index (χ4v) is 6.75. The van der Waals surface area contributed by atoms with Gasteiger partial charge in [0.05, 0.1) is 19.0 Å². The largest absolute Gasteiger partial charge is 0.457 e. The maximum Gasteiger partial charge on any atom is 0.227 e. The summed E-state index contributed by atoms with van der Waals surface area (Å²) < 4.78 is 19.0. The molecule has 44 heavy (non-hydrogen) atoms. The third kappa shape index (κ3) is 9.20. The van der Waals surface area contributed by atoms with Crippen molar-refractivity contribution in [2.75, 3.05) is 13.6 Å². The highest BCUT2D eigenvalue weighted by Crippen LogP contribution is 2.47. The second kappa shape index (κ2) is 17.0. The molecular formula is C34H45FN4O4S. The Morgan fingerprint density at radius 1 is 1.09 bits per heavy atom. The van der Waals surface area contributed by atoms with Gasteiger partial charge in [0.2, 0.25) is 12.3 Å². The van der Waals surface area contributed by atoms with Crippen molar-refractivity contribution in [2.45, 2.75) is 78.6 Å². The van der Waals surface area contributed by atoms with Gasteiger partial charge in [0.25, 0.3) is 0 Å². The number of nitrogens with one attached hydrogen (secondary N) is 1. The number of aldehydes is 1. The maximum atomic E-state index is 12.9. The minimum atomic E-state index is -0.237. The SMILES string of the molecule is CC.CNCc1cc2c(s1)CN(F)CC2.Cc1ccccc1Oc1cc(CC(=O)N2C(C=O)CC3CC32)ccc1C.NC=O. The van der Waals surface area contributed by atoms with Crippen molar-refractivity contribution >= 4 is 29.9 Å². The van der Waals surface area contributed by atoms with Crippen molar-refractivity contribution in [3.8, 4) is 11.5 Å². The highest BCUT2D eigenvalue weighted by molar-refractivity contribution is 7.12. The maximum absolute atomic E-state index is 12.9. The third-order valence-corrected chi connectivity index (χ3v) is 8.91. The Morgan fingerprint density at radius 2 is 1.80 bits per heavy atom. The topological polar surface area (TPSA) is 105 Å². The number of benzene rings is 2. The molecule has 6 rings (SSSR count). The molecule has 1 aliphatic carbocycles. The molecule has 3 heterocycles. The molecule has 3 aromatic rings. The minimum absolute atomic E-state index is 0.0396. The number of para-hydroxylation sites is 1. The molecule has 0 spiro atoms. The molecule has 3 aliphatic rings. The normalized spacial score (nSPS) is 19.4. The van der Waals surface area contributed by atoms with E-state index in [2.05, 4.69) is 17.1 Å². The van der Waals surface area contributed by atoms with Crippen molar-refractivity contribution in [1.29, 1.82) is 0 Å². The minimum Gasteiger partial charge on any atom is -0.457 e. The number of rotatable bonds is 7. The molecule has 2 aromatic carbocycles. The van der Waals surface area contributed by atoms with Gasteiger partial charge in [-0.3, -0.25) is 9.59 Å². The summed E-state index contributed by atoms with van der Waals surface area (Å²) in [4.78, 5) is 36.9. The van der Waals surface area contributed by atoms with Crippen LogP contribution in [0.15, 0.2) is 48.5 Å². The van der Waals surface area contributed by atoms with Gasteiger partial charge in [0, 0.05) is 28.9 Å². The van der Waals surface area contributed by atoms with E-state index in [0.717, 1.165) is 65.4 Å². The van der Waals surface area contributed by atoms with Crippen molar-refractivity contribution in [2.24, 2.45) is 11.7 Å². The van der Waals surface area contributed by atoms with Crippen LogP contribution in [0, 0.1) is 19.8 Å². The number of hydrogen-bond donors (Lipinski definition) is 2. The fraction of sp³-hybridized carbons (Fsp3) is 0.441. The molecule has 238 valence electrons. The van der Waals surface area contributed by atoms with Crippen LogP contribution in [0.1, 0.15) is 58.7 Å². The van der Waals surface area contributed by atoms with Crippen molar-refractivity contribution in [3.63, 3.8) is 0 Å². The molecule has 3 atom stereocenters. The molecular weight excluding hydrogens is 579 g/mol. The van der Waals surface area contributed by atoms with Gasteiger partial charge in [-0.25, -0.2) is 0 Å². The van der Waals surface area contributed by atoms with Gasteiger partial charge in [0.1, 0.15) is 17.8 Å². The Bertz CT molecular complexity index is 1400. The molecule has 0 bridgehead atoms. The van der Waals surface area contributed by atoms with Crippen molar-refractivity contribution < 1.29 is 23.6 Å². The van der Waals surface area contributed by atoms with Crippen molar-refractivity contribution in [3.05, 3.63) is 80.5 Å². The highest BCUT2D eigenvalue weighted by Gasteiger charge is 2.53. The molecule has 2 aliphatic heterocycles. The molecule has 1 saturated heterocycles. The van der Waals surface area contributed by atoms with Crippen LogP contribution in [0.5, 0.6) is 11.5 Å². The summed E-state index contributed by atoms with van der Waals surface area (Å²) in [7, 11) is 1.93. The van der Waals surface area contributed by atoms with Crippen LogP contribution in [-0.2, 0) is 40.3 Å². The Kier molecular flexibility index (Phi) is 13.5. The fourth-order valence-electron chi connectivity index (χ4n) is 5.52. The first-order chi connectivity index (χ1) is 21.3. The smallest absolute Gasteiger partial charge is 0.227 e. The number of ether oxygens (including phenoxy) is 1. The lowest BCUT2D eigenvalue weighted by Gasteiger charge is -2.23. The molecule has 8 nitrogen and oxygen atoms in total. The molecule has 0 radical (unpaired) electrons. The van der Waals surface area contributed by atoms with Crippen LogP contribution in [0.4, 0.5) is 4.48 Å². The Labute approximate surface area is 264 Å². The summed E-state index contributed by atoms with van der Waals surface area (Å²) in [6.07, 6.45) is 4.21. The van der Waals surface area contributed by atoms with Gasteiger partial charge >= 0.3 is 0 Å². The summed E-state index contributed by atoms with van der Waals surface area (Å²) in [5.41, 5.74) is 8.51. The summed E-state index contributed by atoms with van der Waals surface area (Å²) in [6, 6.07) is 16.0. The number of carbonyl (C=O) groups excluding carboxylic acids is 3. The van der Waals surface area contributed by atoms with E-state index in [1.165, 1.54) is 15.3 Å². The molecule has 1 aromatic heterocycles. The average Bonchev–Trinajstić information content (AvgIpc) is 3.49. The first-order valence-electron chi connectivity index (χ1n) is 15.2. The number of nitrogens with two attached hydrogens (primary N) is 1. The predicted molar refractivity (Wildman–Crippen MR) is 173 cm³/mol. The second-order valence-corrected chi connectivity index (χ2v) is 12.1. The lowest BCUT2D eigenvalue weighted by Crippen LogP contribution is -2.40. The van der Waals surface area contributed by atoms with Gasteiger partial charge in [-0.2, -0.15) is 0 Å². The van der Waals surface area contributed by atoms with Gasteiger partial charge in [0.15, 0.2) is 0 Å². The Balaban J connectivity index is 0.000000246. The lowest BCUT2D eigenvalue weighted by molar-refractivity contribution is -0.135. The number of halogens is 1. The van der Waals surface area contributed by atoms with E-state index in [1.807, 2.05) is 77.2 Å². The van der Waals surface area contributed by atoms with Crippen molar-refractivity contribution in [1.82, 2.24) is 15.3 Å². The van der Waals surface area contributed by atoms with Crippen LogP contribution in [0.2, 0.25) is 0 Å². The lowest BCUT2D eigenvalue weighted by atomic mass is 10.1. The van der Waals surface area contributed by atoms with E-state index in [-0.39, 0.29) is 24.4 Å². The summed E-state index contributed by atoms with van der Waals surface area (Å²) >= 11 is 1.72. The number of hydrogen-bond acceptors (Lipinski definition) is 7. The number of fused-ring (bicyclic) bond motifs is 2. The van der Waals surface area contributed by atoms with Crippen LogP contribution in [0.3, 0.4) is 0 Å². The van der Waals surface area contributed by atoms with E-state index >= 15 is 0 Å². The number of piperidine rings is 1. The van der Waals surface area contributed by atoms with Crippen LogP contribution in [-0.4, -0.2) is 54.3 Å². The molecule has 10 heteroatoms. The number of likely N-dealkylation sites (tertiary alicyclic amines) is 1. The summed E-state index contributed by atoms with van der Waals surface area (Å²) in [5, 5.41) is 4.00. The molecule has 1 saturated carbocycles. The van der Waals surface area contributed by atoms with E-state index in [9.17, 15) is 14.1 Å². The van der Waals surface area contributed by atoms with Crippen LogP contribution in [0.25, 0.3) is 0 Å². The predicted octanol–water partition coefficient (Wildman–Crippen LogP) is 5.66. The van der Waals surface area contributed by atoms with Gasteiger partial charge in [-0.15, -0.1) is 20.9 Å². The Hall–Kier alpha value is -3.60. The molecule has 3 unspecified atom stereocenters. The van der Waals surface area contributed by atoms with Gasteiger partial charge < -0.3 is 25.5 Å². The first kappa shape index (κ1) is 34.9.